The number of benzene rings is 2. The minimum atomic E-state index is 0.294. The second-order valence-electron chi connectivity index (χ2n) is 4.99. The highest BCUT2D eigenvalue weighted by Gasteiger charge is 1.92. The standard InChI is InChI=1S/C10H9N3.C6H7N.C4H3ClN2/c1-2-5-9(6-3-1)13-10-11-7-4-8-12-10;7-6-4-2-1-3-5-6;5-4-6-2-1-3-7-4/h1-8H,(H,11,12,13);1-5H,7H2;1-3H. The van der Waals surface area contributed by atoms with Crippen LogP contribution in [0.2, 0.25) is 5.28 Å². The van der Waals surface area contributed by atoms with Crippen molar-refractivity contribution in [2.45, 2.75) is 0 Å². The lowest BCUT2D eigenvalue weighted by atomic mass is 10.3. The Bertz CT molecular complexity index is 787. The highest BCUT2D eigenvalue weighted by atomic mass is 35.5. The summed E-state index contributed by atoms with van der Waals surface area (Å²) in [7, 11) is 0. The van der Waals surface area contributed by atoms with Crippen LogP contribution in [0.3, 0.4) is 0 Å². The summed E-state index contributed by atoms with van der Waals surface area (Å²) in [5.74, 6) is 0.619. The normalized spacial score (nSPS) is 9.07. The molecule has 7 heteroatoms. The van der Waals surface area contributed by atoms with E-state index in [1.807, 2.05) is 60.7 Å². The van der Waals surface area contributed by atoms with Crippen molar-refractivity contribution in [2.24, 2.45) is 0 Å². The van der Waals surface area contributed by atoms with Crippen molar-refractivity contribution in [1.82, 2.24) is 19.9 Å². The van der Waals surface area contributed by atoms with Crippen molar-refractivity contribution < 1.29 is 0 Å². The summed E-state index contributed by atoms with van der Waals surface area (Å²) in [6.45, 7) is 0. The Balaban J connectivity index is 0.000000159. The van der Waals surface area contributed by atoms with Crippen LogP contribution in [-0.4, -0.2) is 19.9 Å². The van der Waals surface area contributed by atoms with Crippen molar-refractivity contribution in [1.29, 1.82) is 0 Å². The maximum atomic E-state index is 5.36. The van der Waals surface area contributed by atoms with E-state index < -0.39 is 0 Å². The first-order valence-corrected chi connectivity index (χ1v) is 8.44. The molecular weight excluding hydrogens is 360 g/mol. The molecule has 6 nitrogen and oxygen atoms in total. The van der Waals surface area contributed by atoms with E-state index >= 15 is 0 Å². The Morgan fingerprint density at radius 1 is 0.630 bits per heavy atom. The second kappa shape index (κ2) is 11.9. The maximum Gasteiger partial charge on any atom is 0.227 e. The van der Waals surface area contributed by atoms with E-state index in [1.165, 1.54) is 0 Å². The van der Waals surface area contributed by atoms with E-state index in [-0.39, 0.29) is 0 Å². The first-order valence-electron chi connectivity index (χ1n) is 8.06. The molecule has 2 heterocycles. The molecule has 2 aromatic heterocycles. The fourth-order valence-corrected chi connectivity index (χ4v) is 1.86. The summed E-state index contributed by atoms with van der Waals surface area (Å²) in [5.41, 5.74) is 7.17. The average molecular weight is 379 g/mol. The molecule has 0 saturated heterocycles. The highest BCUT2D eigenvalue weighted by molar-refractivity contribution is 6.28. The van der Waals surface area contributed by atoms with Gasteiger partial charge in [0.2, 0.25) is 11.2 Å². The molecule has 136 valence electrons. The van der Waals surface area contributed by atoms with Gasteiger partial charge >= 0.3 is 0 Å². The number of hydrogen-bond donors (Lipinski definition) is 2. The molecule has 3 N–H and O–H groups in total. The number of anilines is 3. The van der Waals surface area contributed by atoms with Gasteiger partial charge in [0.05, 0.1) is 0 Å². The lowest BCUT2D eigenvalue weighted by Gasteiger charge is -2.02. The second-order valence-corrected chi connectivity index (χ2v) is 5.33. The van der Waals surface area contributed by atoms with Crippen LogP contribution in [0, 0.1) is 0 Å². The zero-order chi connectivity index (χ0) is 19.2. The maximum absolute atomic E-state index is 5.36. The lowest BCUT2D eigenvalue weighted by Crippen LogP contribution is -1.94. The molecule has 0 atom stereocenters. The van der Waals surface area contributed by atoms with Gasteiger partial charge in [0.1, 0.15) is 0 Å². The predicted molar refractivity (Wildman–Crippen MR) is 110 cm³/mol. The van der Waals surface area contributed by atoms with E-state index in [0.29, 0.717) is 11.2 Å². The monoisotopic (exact) mass is 378 g/mol. The van der Waals surface area contributed by atoms with Crippen LogP contribution in [0.4, 0.5) is 17.3 Å². The molecule has 0 saturated carbocycles. The van der Waals surface area contributed by atoms with Gasteiger partial charge in [-0.3, -0.25) is 0 Å². The number of nitrogens with two attached hydrogens (primary N) is 1. The Kier molecular flexibility index (Phi) is 8.76. The van der Waals surface area contributed by atoms with Crippen LogP contribution in [0.1, 0.15) is 0 Å². The third kappa shape index (κ3) is 8.94. The van der Waals surface area contributed by atoms with Crippen molar-refractivity contribution in [3.8, 4) is 0 Å². The van der Waals surface area contributed by atoms with Crippen molar-refractivity contribution in [3.63, 3.8) is 0 Å². The topological polar surface area (TPSA) is 89.6 Å². The number of nitrogens with zero attached hydrogens (tertiary/aromatic N) is 4. The molecular formula is C20H19ClN6. The molecule has 0 radical (unpaired) electrons. The Hall–Kier alpha value is -3.51. The summed E-state index contributed by atoms with van der Waals surface area (Å²) in [5, 5.41) is 3.38. The van der Waals surface area contributed by atoms with Crippen LogP contribution >= 0.6 is 11.6 Å². The zero-order valence-corrected chi connectivity index (χ0v) is 15.2. The Morgan fingerprint density at radius 2 is 1.11 bits per heavy atom. The molecule has 0 amide bonds. The first-order chi connectivity index (χ1) is 13.2. The SMILES string of the molecule is Clc1ncccn1.Nc1ccccc1.c1ccc(Nc2ncccn2)cc1. The third-order valence-electron chi connectivity index (χ3n) is 2.93. The summed E-state index contributed by atoms with van der Waals surface area (Å²) < 4.78 is 0. The number of halogens is 1. The van der Waals surface area contributed by atoms with Crippen LogP contribution in [0.25, 0.3) is 0 Å². The van der Waals surface area contributed by atoms with Gasteiger partial charge < -0.3 is 11.1 Å². The summed E-state index contributed by atoms with van der Waals surface area (Å²) in [6.07, 6.45) is 6.60. The predicted octanol–water partition coefficient (Wildman–Crippen LogP) is 4.62. The van der Waals surface area contributed by atoms with Crippen LogP contribution in [-0.2, 0) is 0 Å². The fourth-order valence-electron chi connectivity index (χ4n) is 1.75. The first kappa shape index (κ1) is 19.8. The van der Waals surface area contributed by atoms with E-state index in [2.05, 4.69) is 25.3 Å². The number of nitrogen functional groups attached to an aromatic ring is 1. The number of para-hydroxylation sites is 2. The summed E-state index contributed by atoms with van der Waals surface area (Å²) in [4.78, 5) is 15.4. The van der Waals surface area contributed by atoms with Crippen molar-refractivity contribution in [2.75, 3.05) is 11.1 Å². The van der Waals surface area contributed by atoms with Gasteiger partial charge in [0.25, 0.3) is 0 Å². The lowest BCUT2D eigenvalue weighted by molar-refractivity contribution is 1.17. The molecule has 2 aromatic carbocycles. The van der Waals surface area contributed by atoms with Crippen molar-refractivity contribution >= 4 is 28.9 Å². The van der Waals surface area contributed by atoms with E-state index in [4.69, 9.17) is 17.3 Å². The van der Waals surface area contributed by atoms with Crippen LogP contribution in [0.15, 0.2) is 97.6 Å². The molecule has 27 heavy (non-hydrogen) atoms. The quantitative estimate of drug-likeness (QED) is 0.390. The van der Waals surface area contributed by atoms with Crippen molar-refractivity contribution in [3.05, 3.63) is 103 Å². The highest BCUT2D eigenvalue weighted by Crippen LogP contribution is 2.09. The molecule has 0 unspecified atom stereocenters. The fraction of sp³-hybridized carbons (Fsp3) is 0. The van der Waals surface area contributed by atoms with Gasteiger partial charge in [-0.2, -0.15) is 0 Å². The Morgan fingerprint density at radius 3 is 1.52 bits per heavy atom. The molecule has 4 aromatic rings. The minimum Gasteiger partial charge on any atom is -0.399 e. The summed E-state index contributed by atoms with van der Waals surface area (Å²) >= 11 is 5.32. The van der Waals surface area contributed by atoms with Crippen LogP contribution < -0.4 is 11.1 Å². The molecule has 0 bridgehead atoms. The molecule has 0 fully saturated rings. The molecule has 0 aliphatic heterocycles. The third-order valence-corrected chi connectivity index (χ3v) is 3.12. The largest absolute Gasteiger partial charge is 0.399 e. The van der Waals surface area contributed by atoms with Gasteiger partial charge in [-0.1, -0.05) is 36.4 Å². The number of aromatic nitrogens is 4. The van der Waals surface area contributed by atoms with Gasteiger partial charge in [-0.25, -0.2) is 19.9 Å². The summed E-state index contributed by atoms with van der Waals surface area (Å²) in [6, 6.07) is 22.8. The average Bonchev–Trinajstić information content (AvgIpc) is 2.72. The van der Waals surface area contributed by atoms with Gasteiger partial charge in [-0.05, 0) is 48.0 Å². The van der Waals surface area contributed by atoms with Gasteiger partial charge in [0, 0.05) is 36.2 Å². The molecule has 0 spiro atoms. The Labute approximate surface area is 163 Å². The van der Waals surface area contributed by atoms with Gasteiger partial charge in [-0.15, -0.1) is 0 Å². The smallest absolute Gasteiger partial charge is 0.227 e. The van der Waals surface area contributed by atoms with E-state index in [1.54, 1.807) is 36.9 Å². The minimum absolute atomic E-state index is 0.294. The van der Waals surface area contributed by atoms with E-state index in [9.17, 15) is 0 Å². The molecule has 0 aliphatic carbocycles. The molecule has 4 rings (SSSR count). The number of hydrogen-bond acceptors (Lipinski definition) is 6. The van der Waals surface area contributed by atoms with E-state index in [0.717, 1.165) is 11.4 Å². The van der Waals surface area contributed by atoms with Gasteiger partial charge in [0.15, 0.2) is 0 Å². The number of nitrogens with one attached hydrogen (secondary N) is 1. The number of rotatable bonds is 2. The zero-order valence-electron chi connectivity index (χ0n) is 14.5. The molecule has 0 aliphatic rings. The van der Waals surface area contributed by atoms with Crippen LogP contribution in [0.5, 0.6) is 0 Å².